The Hall–Kier alpha value is -0.935. The topological polar surface area (TPSA) is 44.2 Å². The average molecular weight is 248 g/mol. The number of rotatable bonds is 2. The number of aromatic nitrogens is 2. The van der Waals surface area contributed by atoms with Crippen LogP contribution in [-0.2, 0) is 9.31 Å². The first kappa shape index (κ1) is 13.5. The van der Waals surface area contributed by atoms with E-state index in [-0.39, 0.29) is 11.2 Å². The van der Waals surface area contributed by atoms with E-state index in [4.69, 9.17) is 9.31 Å². The fourth-order valence-electron chi connectivity index (χ4n) is 1.75. The highest BCUT2D eigenvalue weighted by Crippen LogP contribution is 2.36. The molecule has 2 heterocycles. The highest BCUT2D eigenvalue weighted by Gasteiger charge is 2.52. The molecule has 1 fully saturated rings. The first-order chi connectivity index (χ1) is 8.23. The van der Waals surface area contributed by atoms with Crippen molar-refractivity contribution in [1.29, 1.82) is 0 Å². The minimum Gasteiger partial charge on any atom is -0.398 e. The lowest BCUT2D eigenvalue weighted by molar-refractivity contribution is 0.00578. The summed E-state index contributed by atoms with van der Waals surface area (Å²) in [7, 11) is -0.429. The van der Waals surface area contributed by atoms with Gasteiger partial charge in [0.15, 0.2) is 0 Å². The largest absolute Gasteiger partial charge is 0.516 e. The maximum absolute atomic E-state index is 5.96. The Balaban J connectivity index is 2.27. The third-order valence-corrected chi connectivity index (χ3v) is 3.76. The molecule has 1 saturated heterocycles. The molecule has 0 unspecified atom stereocenters. The van der Waals surface area contributed by atoms with Crippen LogP contribution in [0.15, 0.2) is 12.4 Å². The molecule has 0 radical (unpaired) electrons. The normalized spacial score (nSPS) is 21.6. The zero-order valence-corrected chi connectivity index (χ0v) is 12.0. The van der Waals surface area contributed by atoms with Gasteiger partial charge in [0, 0.05) is 12.4 Å². The fourth-order valence-corrected chi connectivity index (χ4v) is 1.75. The highest BCUT2D eigenvalue weighted by atomic mass is 16.7. The van der Waals surface area contributed by atoms with Gasteiger partial charge in [-0.2, -0.15) is 0 Å². The van der Waals surface area contributed by atoms with Crippen molar-refractivity contribution in [2.24, 2.45) is 0 Å². The molecule has 18 heavy (non-hydrogen) atoms. The van der Waals surface area contributed by atoms with Gasteiger partial charge in [-0.25, -0.2) is 0 Å². The second kappa shape index (κ2) is 4.32. The van der Waals surface area contributed by atoms with Gasteiger partial charge in [0.2, 0.25) is 0 Å². The molecule has 1 aromatic rings. The van der Waals surface area contributed by atoms with E-state index in [1.54, 1.807) is 12.4 Å². The van der Waals surface area contributed by atoms with Crippen molar-refractivity contribution in [2.75, 3.05) is 0 Å². The molecule has 1 aromatic heterocycles. The SMILES string of the molecule is CC(C)c1cncc(B2OC(C)(C)C(C)(C)O2)n1. The van der Waals surface area contributed by atoms with E-state index < -0.39 is 7.12 Å². The summed E-state index contributed by atoms with van der Waals surface area (Å²) < 4.78 is 11.9. The molecule has 1 aliphatic rings. The quantitative estimate of drug-likeness (QED) is 0.750. The van der Waals surface area contributed by atoms with Gasteiger partial charge in [-0.1, -0.05) is 13.8 Å². The zero-order chi connectivity index (χ0) is 13.6. The third-order valence-electron chi connectivity index (χ3n) is 3.76. The van der Waals surface area contributed by atoms with Crippen molar-refractivity contribution >= 4 is 12.7 Å². The zero-order valence-electron chi connectivity index (χ0n) is 12.0. The fraction of sp³-hybridized carbons (Fsp3) is 0.692. The van der Waals surface area contributed by atoms with Gasteiger partial charge in [-0.15, -0.1) is 0 Å². The summed E-state index contributed by atoms with van der Waals surface area (Å²) in [5, 5.41) is 0. The second-order valence-electron chi connectivity index (χ2n) is 6.11. The van der Waals surface area contributed by atoms with Gasteiger partial charge < -0.3 is 9.31 Å². The molecule has 0 amide bonds. The van der Waals surface area contributed by atoms with E-state index in [2.05, 4.69) is 23.8 Å². The van der Waals surface area contributed by atoms with Crippen molar-refractivity contribution in [2.45, 2.75) is 58.7 Å². The molecule has 0 bridgehead atoms. The number of hydrogen-bond acceptors (Lipinski definition) is 4. The summed E-state index contributed by atoms with van der Waals surface area (Å²) in [6, 6.07) is 0. The lowest BCUT2D eigenvalue weighted by atomic mass is 9.85. The number of nitrogens with zero attached hydrogens (tertiary/aromatic N) is 2. The van der Waals surface area contributed by atoms with Gasteiger partial charge in [0.05, 0.1) is 22.5 Å². The van der Waals surface area contributed by atoms with Crippen LogP contribution >= 0.6 is 0 Å². The summed E-state index contributed by atoms with van der Waals surface area (Å²) in [5.41, 5.74) is 1.03. The smallest absolute Gasteiger partial charge is 0.398 e. The Labute approximate surface area is 109 Å². The Morgan fingerprint density at radius 3 is 2.11 bits per heavy atom. The summed E-state index contributed by atoms with van der Waals surface area (Å²) in [6.45, 7) is 12.3. The van der Waals surface area contributed by atoms with Crippen LogP contribution in [0.25, 0.3) is 0 Å². The van der Waals surface area contributed by atoms with Gasteiger partial charge in [0.25, 0.3) is 0 Å². The van der Waals surface area contributed by atoms with Crippen molar-refractivity contribution in [1.82, 2.24) is 9.97 Å². The molecule has 4 nitrogen and oxygen atoms in total. The van der Waals surface area contributed by atoms with Crippen LogP contribution in [0, 0.1) is 0 Å². The molecule has 5 heteroatoms. The average Bonchev–Trinajstić information content (AvgIpc) is 2.48. The standard InChI is InChI=1S/C13H21BN2O2/c1-9(2)10-7-15-8-11(16-10)14-17-12(3,4)13(5,6)18-14/h7-9H,1-6H3. The van der Waals surface area contributed by atoms with E-state index in [1.807, 2.05) is 27.7 Å². The van der Waals surface area contributed by atoms with E-state index in [9.17, 15) is 0 Å². The molecule has 98 valence electrons. The Kier molecular flexibility index (Phi) is 3.24. The Morgan fingerprint density at radius 2 is 1.61 bits per heavy atom. The Morgan fingerprint density at radius 1 is 1.06 bits per heavy atom. The maximum Gasteiger partial charge on any atom is 0.516 e. The predicted molar refractivity (Wildman–Crippen MR) is 71.8 cm³/mol. The molecule has 1 aliphatic heterocycles. The first-order valence-electron chi connectivity index (χ1n) is 6.40. The second-order valence-corrected chi connectivity index (χ2v) is 6.11. The maximum atomic E-state index is 5.96. The lowest BCUT2D eigenvalue weighted by Crippen LogP contribution is -2.41. The van der Waals surface area contributed by atoms with Crippen molar-refractivity contribution in [3.8, 4) is 0 Å². The molecule has 0 atom stereocenters. The van der Waals surface area contributed by atoms with Crippen molar-refractivity contribution in [3.63, 3.8) is 0 Å². The molecule has 0 aromatic carbocycles. The highest BCUT2D eigenvalue weighted by molar-refractivity contribution is 6.61. The summed E-state index contributed by atoms with van der Waals surface area (Å²) >= 11 is 0. The van der Waals surface area contributed by atoms with Gasteiger partial charge >= 0.3 is 7.12 Å². The molecule has 2 rings (SSSR count). The van der Waals surface area contributed by atoms with Crippen LogP contribution in [0.5, 0.6) is 0 Å². The number of hydrogen-bond donors (Lipinski definition) is 0. The predicted octanol–water partition coefficient (Wildman–Crippen LogP) is 1.90. The summed E-state index contributed by atoms with van der Waals surface area (Å²) in [6.07, 6.45) is 3.51. The monoisotopic (exact) mass is 248 g/mol. The van der Waals surface area contributed by atoms with Gasteiger partial charge in [-0.05, 0) is 33.6 Å². The summed E-state index contributed by atoms with van der Waals surface area (Å²) in [5.74, 6) is 0.347. The van der Waals surface area contributed by atoms with Crippen LogP contribution in [0.1, 0.15) is 53.2 Å². The van der Waals surface area contributed by atoms with Crippen LogP contribution in [0.4, 0.5) is 0 Å². The molecule has 0 N–H and O–H groups in total. The van der Waals surface area contributed by atoms with Crippen LogP contribution in [0.2, 0.25) is 0 Å². The molecular weight excluding hydrogens is 227 g/mol. The van der Waals surface area contributed by atoms with Crippen LogP contribution < -0.4 is 5.59 Å². The minimum absolute atomic E-state index is 0.340. The van der Waals surface area contributed by atoms with E-state index in [0.29, 0.717) is 5.92 Å². The summed E-state index contributed by atoms with van der Waals surface area (Å²) in [4.78, 5) is 8.80. The third kappa shape index (κ3) is 2.29. The van der Waals surface area contributed by atoms with Gasteiger partial charge in [0.1, 0.15) is 0 Å². The van der Waals surface area contributed by atoms with E-state index in [0.717, 1.165) is 11.3 Å². The molecule has 0 aliphatic carbocycles. The van der Waals surface area contributed by atoms with E-state index >= 15 is 0 Å². The van der Waals surface area contributed by atoms with Crippen molar-refractivity contribution < 1.29 is 9.31 Å². The molecule has 0 saturated carbocycles. The van der Waals surface area contributed by atoms with Crippen LogP contribution in [0.3, 0.4) is 0 Å². The first-order valence-corrected chi connectivity index (χ1v) is 6.40. The minimum atomic E-state index is -0.429. The van der Waals surface area contributed by atoms with Gasteiger partial charge in [-0.3, -0.25) is 9.97 Å². The molecule has 0 spiro atoms. The Bertz CT molecular complexity index is 430. The molecular formula is C13H21BN2O2. The lowest BCUT2D eigenvalue weighted by Gasteiger charge is -2.32. The van der Waals surface area contributed by atoms with E-state index in [1.165, 1.54) is 0 Å². The van der Waals surface area contributed by atoms with Crippen LogP contribution in [-0.4, -0.2) is 28.3 Å². The van der Waals surface area contributed by atoms with Crippen molar-refractivity contribution in [3.05, 3.63) is 18.1 Å².